The first-order valence-electron chi connectivity index (χ1n) is 2.46. The van der Waals surface area contributed by atoms with E-state index in [4.69, 9.17) is 23.2 Å². The highest BCUT2D eigenvalue weighted by atomic mass is 35.5. The molecular formula is C5H10Cl2. The molecule has 0 rings (SSSR count). The number of alkyl halides is 2. The van der Waals surface area contributed by atoms with Crippen molar-refractivity contribution in [3.63, 3.8) is 0 Å². The molecule has 0 N–H and O–H groups in total. The molecule has 0 aromatic rings. The average Bonchev–Trinajstić information content (AvgIpc) is 1.65. The molecular weight excluding hydrogens is 131 g/mol. The van der Waals surface area contributed by atoms with Crippen LogP contribution < -0.4 is 0 Å². The van der Waals surface area contributed by atoms with Crippen molar-refractivity contribution in [1.82, 2.24) is 0 Å². The van der Waals surface area contributed by atoms with Crippen LogP contribution in [0.5, 0.6) is 0 Å². The summed E-state index contributed by atoms with van der Waals surface area (Å²) in [6, 6.07) is 0. The van der Waals surface area contributed by atoms with Crippen LogP contribution in [0.3, 0.4) is 0 Å². The summed E-state index contributed by atoms with van der Waals surface area (Å²) in [6.07, 6.45) is 0.951. The van der Waals surface area contributed by atoms with Crippen molar-refractivity contribution < 1.29 is 0 Å². The summed E-state index contributed by atoms with van der Waals surface area (Å²) in [7, 11) is 0. The van der Waals surface area contributed by atoms with E-state index in [2.05, 4.69) is 0 Å². The lowest BCUT2D eigenvalue weighted by molar-refractivity contribution is 0.790. The molecule has 0 fully saturated rings. The standard InChI is InChI=1S/C5H10Cl2/c1-3-5(7)4(2)6/h4-5H,3H2,1-2H3/t4-,5-/m0/s1. The summed E-state index contributed by atoms with van der Waals surface area (Å²) < 4.78 is 0. The van der Waals surface area contributed by atoms with Crippen LogP contribution >= 0.6 is 23.2 Å². The lowest BCUT2D eigenvalue weighted by Crippen LogP contribution is -2.08. The fraction of sp³-hybridized carbons (Fsp3) is 1.00. The second-order valence-corrected chi connectivity index (χ2v) is 2.85. The predicted molar refractivity (Wildman–Crippen MR) is 35.2 cm³/mol. The van der Waals surface area contributed by atoms with Crippen molar-refractivity contribution in [3.05, 3.63) is 0 Å². The fourth-order valence-electron chi connectivity index (χ4n) is 0.325. The molecule has 7 heavy (non-hydrogen) atoms. The Morgan fingerprint density at radius 2 is 1.86 bits per heavy atom. The number of hydrogen-bond donors (Lipinski definition) is 0. The quantitative estimate of drug-likeness (QED) is 0.518. The van der Waals surface area contributed by atoms with Gasteiger partial charge in [0.15, 0.2) is 0 Å². The van der Waals surface area contributed by atoms with Crippen molar-refractivity contribution in [1.29, 1.82) is 0 Å². The molecule has 0 amide bonds. The van der Waals surface area contributed by atoms with Gasteiger partial charge in [0.1, 0.15) is 0 Å². The van der Waals surface area contributed by atoms with Crippen LogP contribution in [-0.2, 0) is 0 Å². The molecule has 44 valence electrons. The molecule has 0 saturated carbocycles. The third-order valence-electron chi connectivity index (χ3n) is 0.888. The van der Waals surface area contributed by atoms with E-state index in [-0.39, 0.29) is 10.8 Å². The van der Waals surface area contributed by atoms with Gasteiger partial charge in [0, 0.05) is 10.8 Å². The molecule has 0 saturated heterocycles. The summed E-state index contributed by atoms with van der Waals surface area (Å²) >= 11 is 11.3. The summed E-state index contributed by atoms with van der Waals surface area (Å²) in [5, 5.41) is 0.244. The number of rotatable bonds is 2. The second-order valence-electron chi connectivity index (χ2n) is 1.60. The van der Waals surface area contributed by atoms with E-state index >= 15 is 0 Å². The van der Waals surface area contributed by atoms with Gasteiger partial charge in [-0.25, -0.2) is 0 Å². The predicted octanol–water partition coefficient (Wildman–Crippen LogP) is 2.63. The van der Waals surface area contributed by atoms with Gasteiger partial charge in [-0.1, -0.05) is 6.92 Å². The van der Waals surface area contributed by atoms with E-state index in [1.54, 1.807) is 0 Å². The van der Waals surface area contributed by atoms with Gasteiger partial charge < -0.3 is 0 Å². The first-order valence-corrected chi connectivity index (χ1v) is 3.34. The minimum absolute atomic E-state index is 0.103. The second kappa shape index (κ2) is 3.57. The van der Waals surface area contributed by atoms with Crippen molar-refractivity contribution >= 4 is 23.2 Å². The zero-order chi connectivity index (χ0) is 5.86. The van der Waals surface area contributed by atoms with E-state index in [0.29, 0.717) is 0 Å². The molecule has 2 heteroatoms. The van der Waals surface area contributed by atoms with Gasteiger partial charge in [-0.15, -0.1) is 23.2 Å². The zero-order valence-corrected chi connectivity index (χ0v) is 6.13. The topological polar surface area (TPSA) is 0 Å². The molecule has 0 aliphatic carbocycles. The van der Waals surface area contributed by atoms with Gasteiger partial charge in [-0.05, 0) is 13.3 Å². The van der Waals surface area contributed by atoms with Crippen LogP contribution in [0.25, 0.3) is 0 Å². The van der Waals surface area contributed by atoms with Crippen LogP contribution in [0.1, 0.15) is 20.3 Å². The maximum absolute atomic E-state index is 5.67. The van der Waals surface area contributed by atoms with Crippen LogP contribution in [0.4, 0.5) is 0 Å². The highest BCUT2D eigenvalue weighted by Crippen LogP contribution is 2.11. The highest BCUT2D eigenvalue weighted by molar-refractivity contribution is 6.29. The van der Waals surface area contributed by atoms with E-state index in [1.807, 2.05) is 13.8 Å². The summed E-state index contributed by atoms with van der Waals surface area (Å²) in [4.78, 5) is 0. The molecule has 0 radical (unpaired) electrons. The van der Waals surface area contributed by atoms with E-state index in [1.165, 1.54) is 0 Å². The van der Waals surface area contributed by atoms with Crippen molar-refractivity contribution in [2.75, 3.05) is 0 Å². The third kappa shape index (κ3) is 3.19. The smallest absolute Gasteiger partial charge is 0.0494 e. The molecule has 0 aliphatic heterocycles. The minimum atomic E-state index is 0.103. The van der Waals surface area contributed by atoms with Crippen LogP contribution in [-0.4, -0.2) is 10.8 Å². The molecule has 0 aromatic heterocycles. The van der Waals surface area contributed by atoms with Gasteiger partial charge in [0.2, 0.25) is 0 Å². The molecule has 0 bridgehead atoms. The maximum Gasteiger partial charge on any atom is 0.0494 e. The van der Waals surface area contributed by atoms with Gasteiger partial charge in [0.25, 0.3) is 0 Å². The average molecular weight is 141 g/mol. The third-order valence-corrected chi connectivity index (χ3v) is 2.01. The summed E-state index contributed by atoms with van der Waals surface area (Å²) in [6.45, 7) is 3.93. The zero-order valence-electron chi connectivity index (χ0n) is 4.62. The normalized spacial score (nSPS) is 18.9. The van der Waals surface area contributed by atoms with Gasteiger partial charge in [0.05, 0.1) is 0 Å². The molecule has 0 nitrogen and oxygen atoms in total. The monoisotopic (exact) mass is 140 g/mol. The van der Waals surface area contributed by atoms with E-state index in [9.17, 15) is 0 Å². The Morgan fingerprint density at radius 1 is 1.43 bits per heavy atom. The minimum Gasteiger partial charge on any atom is -0.122 e. The Morgan fingerprint density at radius 3 is 1.86 bits per heavy atom. The Labute approximate surface area is 54.8 Å². The molecule has 0 aromatic carbocycles. The molecule has 0 aliphatic rings. The molecule has 0 spiro atoms. The van der Waals surface area contributed by atoms with Gasteiger partial charge in [-0.2, -0.15) is 0 Å². The Hall–Kier alpha value is 0.580. The molecule has 0 unspecified atom stereocenters. The Balaban J connectivity index is 3.14. The first-order chi connectivity index (χ1) is 3.18. The fourth-order valence-corrected chi connectivity index (χ4v) is 0.503. The van der Waals surface area contributed by atoms with E-state index < -0.39 is 0 Å². The molecule has 0 heterocycles. The number of halogens is 2. The lowest BCUT2D eigenvalue weighted by Gasteiger charge is -2.05. The van der Waals surface area contributed by atoms with Gasteiger partial charge in [-0.3, -0.25) is 0 Å². The highest BCUT2D eigenvalue weighted by Gasteiger charge is 2.06. The van der Waals surface area contributed by atoms with Crippen LogP contribution in [0.15, 0.2) is 0 Å². The largest absolute Gasteiger partial charge is 0.122 e. The SMILES string of the molecule is CC[C@H](Cl)[C@H](C)Cl. The van der Waals surface area contributed by atoms with Crippen LogP contribution in [0.2, 0.25) is 0 Å². The van der Waals surface area contributed by atoms with Gasteiger partial charge >= 0.3 is 0 Å². The summed E-state index contributed by atoms with van der Waals surface area (Å²) in [5.74, 6) is 0. The van der Waals surface area contributed by atoms with Crippen molar-refractivity contribution in [2.45, 2.75) is 31.0 Å². The number of hydrogen-bond acceptors (Lipinski definition) is 0. The van der Waals surface area contributed by atoms with E-state index in [0.717, 1.165) is 6.42 Å². The lowest BCUT2D eigenvalue weighted by atomic mass is 10.3. The van der Waals surface area contributed by atoms with Crippen molar-refractivity contribution in [3.8, 4) is 0 Å². The maximum atomic E-state index is 5.67. The molecule has 2 atom stereocenters. The van der Waals surface area contributed by atoms with Crippen LogP contribution in [0, 0.1) is 0 Å². The summed E-state index contributed by atoms with van der Waals surface area (Å²) in [5.41, 5.74) is 0. The Kier molecular flexibility index (Phi) is 3.86. The Bertz CT molecular complexity index is 43.3. The first kappa shape index (κ1) is 7.58. The van der Waals surface area contributed by atoms with Crippen molar-refractivity contribution in [2.24, 2.45) is 0 Å².